The molecule has 0 amide bonds. The Morgan fingerprint density at radius 1 is 1.29 bits per heavy atom. The van der Waals surface area contributed by atoms with E-state index in [2.05, 4.69) is 15.0 Å². The number of phosphoric acid groups is 1. The molecular formula is C21H20F2N5O9P. The smallest absolute Gasteiger partial charge is 0.492 e. The highest BCUT2D eigenvalue weighted by Gasteiger charge is 2.64. The lowest BCUT2D eigenvalue weighted by atomic mass is 9.96. The van der Waals surface area contributed by atoms with Gasteiger partial charge in [-0.25, -0.2) is 23.1 Å². The quantitative estimate of drug-likeness (QED) is 0.347. The summed E-state index contributed by atoms with van der Waals surface area (Å²) in [5, 5.41) is 10.1. The fourth-order valence-electron chi connectivity index (χ4n) is 4.78. The molecule has 17 heteroatoms. The van der Waals surface area contributed by atoms with Gasteiger partial charge in [0.1, 0.15) is 17.7 Å². The van der Waals surface area contributed by atoms with Crippen molar-refractivity contribution in [2.24, 2.45) is 0 Å². The summed E-state index contributed by atoms with van der Waals surface area (Å²) in [4.78, 5) is 23.9. The second-order valence-electron chi connectivity index (χ2n) is 8.99. The predicted octanol–water partition coefficient (Wildman–Crippen LogP) is 2.89. The van der Waals surface area contributed by atoms with E-state index in [-0.39, 0.29) is 35.7 Å². The van der Waals surface area contributed by atoms with Gasteiger partial charge in [-0.3, -0.25) is 18.1 Å². The van der Waals surface area contributed by atoms with E-state index in [1.165, 1.54) is 10.9 Å². The second kappa shape index (κ2) is 8.81. The normalized spacial score (nSPS) is 32.8. The monoisotopic (exact) mass is 555 g/mol. The van der Waals surface area contributed by atoms with Gasteiger partial charge in [-0.1, -0.05) is 0 Å². The number of ether oxygens (including phenoxy) is 3. The summed E-state index contributed by atoms with van der Waals surface area (Å²) in [6.07, 6.45) is -3.60. The van der Waals surface area contributed by atoms with Gasteiger partial charge >= 0.3 is 14.0 Å². The molecule has 0 saturated carbocycles. The van der Waals surface area contributed by atoms with Crippen LogP contribution in [-0.2, 0) is 32.3 Å². The number of halogens is 2. The molecule has 6 rings (SSSR count). The molecule has 3 saturated heterocycles. The summed E-state index contributed by atoms with van der Waals surface area (Å²) >= 11 is 0. The fourth-order valence-corrected chi connectivity index (χ4v) is 6.17. The molecule has 0 aliphatic carbocycles. The van der Waals surface area contributed by atoms with Crippen molar-refractivity contribution in [2.75, 3.05) is 18.9 Å². The number of hydrogen-bond acceptors (Lipinski definition) is 13. The third-order valence-corrected chi connectivity index (χ3v) is 7.91. The number of aromatic nitrogens is 4. The lowest BCUT2D eigenvalue weighted by molar-refractivity contribution is -0.0926. The van der Waals surface area contributed by atoms with E-state index in [1.54, 1.807) is 6.92 Å². The predicted molar refractivity (Wildman–Crippen MR) is 119 cm³/mol. The summed E-state index contributed by atoms with van der Waals surface area (Å²) in [7, 11) is -4.22. The van der Waals surface area contributed by atoms with Gasteiger partial charge in [-0.15, -0.1) is 0 Å². The van der Waals surface area contributed by atoms with Crippen LogP contribution in [0.15, 0.2) is 24.5 Å². The van der Waals surface area contributed by atoms with Crippen LogP contribution in [0.4, 0.5) is 19.5 Å². The van der Waals surface area contributed by atoms with Crippen LogP contribution < -0.4 is 5.73 Å². The molecule has 1 aromatic carbocycles. The molecule has 6 atom stereocenters. The zero-order valence-corrected chi connectivity index (χ0v) is 20.4. The molecule has 0 bridgehead atoms. The van der Waals surface area contributed by atoms with Crippen LogP contribution in [-0.4, -0.2) is 61.8 Å². The number of nitrogen functional groups attached to an aromatic ring is 1. The van der Waals surface area contributed by atoms with Crippen molar-refractivity contribution in [2.45, 2.75) is 43.5 Å². The summed E-state index contributed by atoms with van der Waals surface area (Å²) in [5.41, 5.74) is 4.50. The van der Waals surface area contributed by atoms with Gasteiger partial charge in [0.25, 0.3) is 0 Å². The van der Waals surface area contributed by atoms with Crippen LogP contribution in [0.2, 0.25) is 0 Å². The van der Waals surface area contributed by atoms with Gasteiger partial charge in [0.15, 0.2) is 29.1 Å². The molecule has 5 heterocycles. The largest absolute Gasteiger partial charge is 0.509 e. The van der Waals surface area contributed by atoms with Crippen molar-refractivity contribution in [3.8, 4) is 5.88 Å². The van der Waals surface area contributed by atoms with Crippen LogP contribution in [0.3, 0.4) is 0 Å². The first-order valence-electron chi connectivity index (χ1n) is 11.3. The Balaban J connectivity index is 1.24. The Hall–Kier alpha value is -3.43. The van der Waals surface area contributed by atoms with E-state index in [0.29, 0.717) is 6.07 Å². The van der Waals surface area contributed by atoms with Gasteiger partial charge < -0.3 is 25.1 Å². The highest BCUT2D eigenvalue weighted by molar-refractivity contribution is 7.48. The van der Waals surface area contributed by atoms with Gasteiger partial charge in [-0.05, 0) is 24.6 Å². The van der Waals surface area contributed by atoms with Gasteiger partial charge in [0, 0.05) is 12.5 Å². The highest BCUT2D eigenvalue weighted by Crippen LogP contribution is 2.58. The number of carbonyl (C=O) groups excluding carboxylic acids is 1. The molecule has 0 radical (unpaired) electrons. The van der Waals surface area contributed by atoms with E-state index in [4.69, 9.17) is 33.5 Å². The van der Waals surface area contributed by atoms with Crippen molar-refractivity contribution >= 4 is 31.1 Å². The number of fused-ring (bicyclic) bond motifs is 2. The number of anilines is 1. The Bertz CT molecular complexity index is 1470. The second-order valence-corrected chi connectivity index (χ2v) is 10.6. The Morgan fingerprint density at radius 3 is 2.82 bits per heavy atom. The standard InChI is InChI=1S/C21H20F2N5O9P/c1-21-15(35-20(30)36-21)13(34-18(21)28-8-25-14-16(28)26-19(24)27-17(14)29)7-33-38(31)32-3-2-12(37-38)9-4-10(22)6-11(23)5-9/h4-6,8,12-13,15,18H,2-3,7H2,1H3,(H3,24,26,27,29)/t12-,13+,15+,18+,21+,38+/m0/s1. The van der Waals surface area contributed by atoms with Crippen molar-refractivity contribution in [1.29, 1.82) is 0 Å². The van der Waals surface area contributed by atoms with Crippen molar-refractivity contribution in [3.05, 3.63) is 41.7 Å². The van der Waals surface area contributed by atoms with E-state index < -0.39 is 68.2 Å². The van der Waals surface area contributed by atoms with E-state index in [0.717, 1.165) is 12.1 Å². The molecule has 3 N–H and O–H groups in total. The molecule has 14 nitrogen and oxygen atoms in total. The Labute approximate surface area is 212 Å². The third-order valence-electron chi connectivity index (χ3n) is 6.44. The Kier molecular flexibility index (Phi) is 5.77. The number of nitrogens with two attached hydrogens (primary N) is 1. The van der Waals surface area contributed by atoms with E-state index in [1.807, 2.05) is 0 Å². The molecule has 38 heavy (non-hydrogen) atoms. The number of carbonyl (C=O) groups is 1. The summed E-state index contributed by atoms with van der Waals surface area (Å²) in [6, 6.07) is 2.84. The first-order valence-corrected chi connectivity index (χ1v) is 12.8. The molecule has 202 valence electrons. The molecule has 3 aliphatic heterocycles. The first kappa shape index (κ1) is 24.9. The molecule has 3 aliphatic rings. The molecular weight excluding hydrogens is 535 g/mol. The number of aromatic hydroxyl groups is 1. The topological polar surface area (TPSA) is 179 Å². The molecule has 0 spiro atoms. The van der Waals surface area contributed by atoms with Gasteiger partial charge in [0.2, 0.25) is 11.8 Å². The maximum Gasteiger partial charge on any atom is 0.509 e. The van der Waals surface area contributed by atoms with Crippen molar-refractivity contribution in [1.82, 2.24) is 19.5 Å². The van der Waals surface area contributed by atoms with Crippen molar-refractivity contribution < 1.29 is 51.0 Å². The minimum atomic E-state index is -4.22. The minimum absolute atomic E-state index is 0.0289. The van der Waals surface area contributed by atoms with Crippen LogP contribution in [0.1, 0.15) is 31.2 Å². The first-order chi connectivity index (χ1) is 18.0. The number of rotatable bonds is 5. The summed E-state index contributed by atoms with van der Waals surface area (Å²) in [6.45, 7) is 1.04. The summed E-state index contributed by atoms with van der Waals surface area (Å²) < 4.78 is 75.0. The Morgan fingerprint density at radius 2 is 2.05 bits per heavy atom. The lowest BCUT2D eigenvalue weighted by Crippen LogP contribution is -2.42. The van der Waals surface area contributed by atoms with E-state index >= 15 is 0 Å². The molecule has 3 aromatic rings. The highest BCUT2D eigenvalue weighted by atomic mass is 31.2. The van der Waals surface area contributed by atoms with Crippen LogP contribution in [0, 0.1) is 11.6 Å². The van der Waals surface area contributed by atoms with Gasteiger partial charge in [-0.2, -0.15) is 9.97 Å². The lowest BCUT2D eigenvalue weighted by Gasteiger charge is -2.30. The SMILES string of the molecule is C[C@@]12OC(=O)O[C@@H]1[C@@H](CO[P@@]1(=O)OCC[C@@H](c3cc(F)cc(F)c3)O1)O[C@H]2n1cnc2c(O)nc(N)nc21. The number of phosphoric ester groups is 1. The molecule has 3 fully saturated rings. The summed E-state index contributed by atoms with van der Waals surface area (Å²) in [5.74, 6) is -2.31. The van der Waals surface area contributed by atoms with Crippen molar-refractivity contribution in [3.63, 3.8) is 0 Å². The molecule has 0 unspecified atom stereocenters. The van der Waals surface area contributed by atoms with Gasteiger partial charge in [0.05, 0.1) is 25.6 Å². The van der Waals surface area contributed by atoms with E-state index in [9.17, 15) is 23.2 Å². The van der Waals surface area contributed by atoms with Crippen LogP contribution >= 0.6 is 7.82 Å². The van der Waals surface area contributed by atoms with Crippen LogP contribution in [0.25, 0.3) is 11.2 Å². The zero-order valence-electron chi connectivity index (χ0n) is 19.5. The fraction of sp³-hybridized carbons (Fsp3) is 0.429. The maximum absolute atomic E-state index is 13.7. The average Bonchev–Trinajstić information content (AvgIpc) is 3.46. The number of imidazole rings is 1. The maximum atomic E-state index is 13.7. The number of hydrogen-bond donors (Lipinski definition) is 2. The number of benzene rings is 1. The molecule has 2 aromatic heterocycles. The van der Waals surface area contributed by atoms with Crippen LogP contribution in [0.5, 0.6) is 5.88 Å². The third kappa shape index (κ3) is 4.14. The average molecular weight is 555 g/mol. The zero-order chi connectivity index (χ0) is 26.8. The number of nitrogens with zero attached hydrogens (tertiary/aromatic N) is 4. The minimum Gasteiger partial charge on any atom is -0.492 e.